The molecule has 4 nitrogen and oxygen atoms in total. The van der Waals surface area contributed by atoms with Crippen LogP contribution in [0.25, 0.3) is 9.40 Å². The highest BCUT2D eigenvalue weighted by atomic mass is 32.1. The summed E-state index contributed by atoms with van der Waals surface area (Å²) >= 11 is 3.12. The van der Waals surface area contributed by atoms with E-state index < -0.39 is 11.4 Å². The molecule has 0 spiro atoms. The van der Waals surface area contributed by atoms with Crippen molar-refractivity contribution < 1.29 is 14.7 Å². The Morgan fingerprint density at radius 2 is 2.24 bits per heavy atom. The molecule has 0 aliphatic carbocycles. The minimum Gasteiger partial charge on any atom is -0.481 e. The van der Waals surface area contributed by atoms with E-state index in [9.17, 15) is 14.7 Å². The van der Waals surface area contributed by atoms with Crippen molar-refractivity contribution in [2.24, 2.45) is 5.41 Å². The molecule has 1 N–H and O–H groups in total. The third kappa shape index (κ3) is 2.46. The molecule has 1 aliphatic heterocycles. The number of carboxylic acids is 1. The zero-order chi connectivity index (χ0) is 15.0. The lowest BCUT2D eigenvalue weighted by Gasteiger charge is -2.23. The average molecular weight is 323 g/mol. The Hall–Kier alpha value is -1.40. The van der Waals surface area contributed by atoms with Gasteiger partial charge in [-0.1, -0.05) is 13.3 Å². The maximum atomic E-state index is 12.6. The normalized spacial score (nSPS) is 22.0. The number of hydrogen-bond acceptors (Lipinski definition) is 4. The molecule has 1 aliphatic rings. The molecular formula is C15H17NO3S2. The molecule has 3 heterocycles. The lowest BCUT2D eigenvalue weighted by molar-refractivity contribution is -0.148. The molecule has 6 heteroatoms. The highest BCUT2D eigenvalue weighted by Crippen LogP contribution is 2.37. The maximum absolute atomic E-state index is 12.6. The van der Waals surface area contributed by atoms with Crippen LogP contribution in [0.1, 0.15) is 35.9 Å². The zero-order valence-electron chi connectivity index (χ0n) is 11.8. The van der Waals surface area contributed by atoms with E-state index in [0.717, 1.165) is 20.7 Å². The molecule has 1 atom stereocenters. The Morgan fingerprint density at radius 1 is 1.43 bits per heavy atom. The first-order valence-corrected chi connectivity index (χ1v) is 8.75. The van der Waals surface area contributed by atoms with Crippen LogP contribution >= 0.6 is 22.7 Å². The van der Waals surface area contributed by atoms with Crippen LogP contribution in [0.5, 0.6) is 0 Å². The van der Waals surface area contributed by atoms with E-state index in [1.54, 1.807) is 16.2 Å². The largest absolute Gasteiger partial charge is 0.481 e. The fourth-order valence-electron chi connectivity index (χ4n) is 3.04. The van der Waals surface area contributed by atoms with Crippen LogP contribution in [0.3, 0.4) is 0 Å². The van der Waals surface area contributed by atoms with Crippen LogP contribution < -0.4 is 0 Å². The fourth-order valence-corrected chi connectivity index (χ4v) is 5.11. The molecule has 2 aromatic rings. The number of carbonyl (C=O) groups is 2. The quantitative estimate of drug-likeness (QED) is 0.934. The first-order valence-electron chi connectivity index (χ1n) is 7.05. The predicted octanol–water partition coefficient (Wildman–Crippen LogP) is 3.68. The van der Waals surface area contributed by atoms with Gasteiger partial charge in [0.25, 0.3) is 5.91 Å². The molecule has 1 amide bonds. The van der Waals surface area contributed by atoms with Gasteiger partial charge in [0.1, 0.15) is 0 Å². The molecule has 2 aromatic heterocycles. The summed E-state index contributed by atoms with van der Waals surface area (Å²) in [4.78, 5) is 26.6. The third-order valence-electron chi connectivity index (χ3n) is 4.17. The van der Waals surface area contributed by atoms with E-state index >= 15 is 0 Å². The topological polar surface area (TPSA) is 57.6 Å². The second kappa shape index (κ2) is 5.42. The van der Waals surface area contributed by atoms with E-state index in [1.165, 1.54) is 11.3 Å². The number of carboxylic acid groups (broad SMARTS) is 1. The Labute approximate surface area is 131 Å². The van der Waals surface area contributed by atoms with Gasteiger partial charge in [-0.25, -0.2) is 0 Å². The lowest BCUT2D eigenvalue weighted by atomic mass is 9.83. The summed E-state index contributed by atoms with van der Waals surface area (Å²) in [5.74, 6) is -0.797. The average Bonchev–Trinajstić information content (AvgIpc) is 3.12. The molecule has 0 radical (unpaired) electrons. The Morgan fingerprint density at radius 3 is 2.90 bits per heavy atom. The molecule has 1 fully saturated rings. The molecule has 1 unspecified atom stereocenters. The van der Waals surface area contributed by atoms with Crippen LogP contribution in [0, 0.1) is 5.41 Å². The summed E-state index contributed by atoms with van der Waals surface area (Å²) in [6.07, 6.45) is 2.01. The smallest absolute Gasteiger partial charge is 0.311 e. The third-order valence-corrected chi connectivity index (χ3v) is 6.25. The number of amides is 1. The standard InChI is InChI=1S/C15H17NO3S2/c1-2-4-15(14(18)19)5-6-16(9-15)13(17)12-8-11-10(21-12)3-7-20-11/h3,7-8H,2,4-6,9H2,1H3,(H,18,19). The molecule has 3 rings (SSSR count). The van der Waals surface area contributed by atoms with Crippen LogP contribution in [0.15, 0.2) is 17.5 Å². The van der Waals surface area contributed by atoms with E-state index in [0.29, 0.717) is 25.9 Å². The predicted molar refractivity (Wildman–Crippen MR) is 85.2 cm³/mol. The highest BCUT2D eigenvalue weighted by molar-refractivity contribution is 7.27. The van der Waals surface area contributed by atoms with Crippen molar-refractivity contribution in [1.82, 2.24) is 4.90 Å². The van der Waals surface area contributed by atoms with Crippen molar-refractivity contribution in [2.45, 2.75) is 26.2 Å². The van der Waals surface area contributed by atoms with Gasteiger partial charge in [0.05, 0.1) is 10.3 Å². The lowest BCUT2D eigenvalue weighted by Crippen LogP contribution is -2.36. The van der Waals surface area contributed by atoms with Gasteiger partial charge >= 0.3 is 5.97 Å². The molecule has 112 valence electrons. The SMILES string of the molecule is CCCC1(C(=O)O)CCN(C(=O)c2cc3sccc3s2)C1. The van der Waals surface area contributed by atoms with Crippen LogP contribution in [-0.2, 0) is 4.79 Å². The number of nitrogens with zero attached hydrogens (tertiary/aromatic N) is 1. The number of carbonyl (C=O) groups excluding carboxylic acids is 1. The molecule has 0 bridgehead atoms. The van der Waals surface area contributed by atoms with Gasteiger partial charge in [0.15, 0.2) is 0 Å². The Kier molecular flexibility index (Phi) is 3.75. The number of rotatable bonds is 4. The summed E-state index contributed by atoms with van der Waals surface area (Å²) in [6.45, 7) is 2.86. The number of fused-ring (bicyclic) bond motifs is 1. The summed E-state index contributed by atoms with van der Waals surface area (Å²) < 4.78 is 2.25. The van der Waals surface area contributed by atoms with Crippen LogP contribution in [0.2, 0.25) is 0 Å². The van der Waals surface area contributed by atoms with Gasteiger partial charge in [-0.2, -0.15) is 0 Å². The number of thiophene rings is 2. The maximum Gasteiger partial charge on any atom is 0.311 e. The first-order chi connectivity index (χ1) is 10.1. The number of aliphatic carboxylic acids is 1. The van der Waals surface area contributed by atoms with Gasteiger partial charge < -0.3 is 10.0 Å². The monoisotopic (exact) mass is 323 g/mol. The van der Waals surface area contributed by atoms with E-state index in [1.807, 2.05) is 24.4 Å². The van der Waals surface area contributed by atoms with E-state index in [2.05, 4.69) is 0 Å². The van der Waals surface area contributed by atoms with Crippen LogP contribution in [0.4, 0.5) is 0 Å². The van der Waals surface area contributed by atoms with Crippen molar-refractivity contribution in [1.29, 1.82) is 0 Å². The Balaban J connectivity index is 1.80. The second-order valence-electron chi connectivity index (χ2n) is 5.57. The van der Waals surface area contributed by atoms with Crippen molar-refractivity contribution >= 4 is 43.9 Å². The highest BCUT2D eigenvalue weighted by Gasteiger charge is 2.45. The number of hydrogen-bond donors (Lipinski definition) is 1. The van der Waals surface area contributed by atoms with Gasteiger partial charge in [0.2, 0.25) is 0 Å². The summed E-state index contributed by atoms with van der Waals surface area (Å²) in [7, 11) is 0. The molecular weight excluding hydrogens is 306 g/mol. The van der Waals surface area contributed by atoms with E-state index in [4.69, 9.17) is 0 Å². The van der Waals surface area contributed by atoms with Crippen molar-refractivity contribution in [3.63, 3.8) is 0 Å². The summed E-state index contributed by atoms with van der Waals surface area (Å²) in [6, 6.07) is 3.94. The fraction of sp³-hybridized carbons (Fsp3) is 0.467. The molecule has 21 heavy (non-hydrogen) atoms. The van der Waals surface area contributed by atoms with Gasteiger partial charge in [-0.3, -0.25) is 9.59 Å². The van der Waals surface area contributed by atoms with E-state index in [-0.39, 0.29) is 5.91 Å². The Bertz CT molecular complexity index is 661. The summed E-state index contributed by atoms with van der Waals surface area (Å²) in [5, 5.41) is 11.5. The van der Waals surface area contributed by atoms with Crippen LogP contribution in [-0.4, -0.2) is 35.0 Å². The van der Waals surface area contributed by atoms with Gasteiger partial charge in [0, 0.05) is 22.5 Å². The van der Waals surface area contributed by atoms with Crippen molar-refractivity contribution in [3.05, 3.63) is 22.4 Å². The molecule has 0 aromatic carbocycles. The molecule has 1 saturated heterocycles. The second-order valence-corrected chi connectivity index (χ2v) is 7.60. The van der Waals surface area contributed by atoms with Crippen molar-refractivity contribution in [3.8, 4) is 0 Å². The zero-order valence-corrected chi connectivity index (χ0v) is 13.4. The minimum atomic E-state index is -0.771. The van der Waals surface area contributed by atoms with Crippen molar-refractivity contribution in [2.75, 3.05) is 13.1 Å². The minimum absolute atomic E-state index is 0.0253. The first kappa shape index (κ1) is 14.5. The van der Waals surface area contributed by atoms with Gasteiger partial charge in [-0.05, 0) is 30.4 Å². The molecule has 0 saturated carbocycles. The van der Waals surface area contributed by atoms with Gasteiger partial charge in [-0.15, -0.1) is 22.7 Å². The number of likely N-dealkylation sites (tertiary alicyclic amines) is 1. The summed E-state index contributed by atoms with van der Waals surface area (Å²) in [5.41, 5.74) is -0.751.